The summed E-state index contributed by atoms with van der Waals surface area (Å²) in [7, 11) is 1.47. The summed E-state index contributed by atoms with van der Waals surface area (Å²) in [5.41, 5.74) is 5.40. The van der Waals surface area contributed by atoms with Gasteiger partial charge in [0.2, 0.25) is 5.90 Å². The van der Waals surface area contributed by atoms with Gasteiger partial charge in [-0.1, -0.05) is 0 Å². The van der Waals surface area contributed by atoms with E-state index in [9.17, 15) is 4.79 Å². The second kappa shape index (κ2) is 6.21. The highest BCUT2D eigenvalue weighted by Crippen LogP contribution is 2.85. The van der Waals surface area contributed by atoms with Gasteiger partial charge in [-0.25, -0.2) is 9.79 Å². The first kappa shape index (κ1) is 27.3. The molecule has 0 saturated heterocycles. The third-order valence-corrected chi connectivity index (χ3v) is 25.3. The van der Waals surface area contributed by atoms with E-state index in [0.29, 0.717) is 11.5 Å². The van der Waals surface area contributed by atoms with Crippen LogP contribution >= 0.6 is 0 Å². The second-order valence-electron chi connectivity index (χ2n) is 25.7. The number of hydrogen-bond donors (Lipinski definition) is 0. The smallest absolute Gasteiger partial charge is 0.337 e. The van der Waals surface area contributed by atoms with Crippen LogP contribution in [0.4, 0.5) is 0 Å². The van der Waals surface area contributed by atoms with Crippen LogP contribution in [0.25, 0.3) is 291 Å². The van der Waals surface area contributed by atoms with Gasteiger partial charge >= 0.3 is 5.97 Å². The summed E-state index contributed by atoms with van der Waals surface area (Å²) in [6, 6.07) is 7.98. The Morgan fingerprint density at radius 3 is 0.740 bits per heavy atom. The first-order valence-corrected chi connectivity index (χ1v) is 26.5. The summed E-state index contributed by atoms with van der Waals surface area (Å²) in [5.74, 6) is 0.371. The van der Waals surface area contributed by atoms with Crippen LogP contribution in [0.2, 0.25) is 0 Å². The van der Waals surface area contributed by atoms with Crippen molar-refractivity contribution in [2.45, 2.75) is 11.1 Å². The minimum absolute atomic E-state index is 0.329. The number of aliphatic imine (C=N–C) groups is 1. The number of rotatable bonds is 2. The van der Waals surface area contributed by atoms with E-state index in [2.05, 4.69) is 12.1 Å². The van der Waals surface area contributed by atoms with Gasteiger partial charge in [0, 0.05) is 27.8 Å². The van der Waals surface area contributed by atoms with E-state index >= 15 is 0 Å². The molecule has 0 bridgehead atoms. The zero-order chi connectivity index (χ0) is 43.7. The molecule has 4 nitrogen and oxygen atoms in total. The van der Waals surface area contributed by atoms with Crippen LogP contribution in [0, 0.1) is 0 Å². The van der Waals surface area contributed by atoms with Crippen LogP contribution in [-0.2, 0) is 20.6 Å². The van der Waals surface area contributed by atoms with Crippen molar-refractivity contribution < 1.29 is 14.3 Å². The predicted octanol–water partition coefficient (Wildman–Crippen LogP) is 17.5. The number of carbonyl (C=O) groups excluding carboxylic acids is 1. The number of esters is 1. The molecular weight excluding hydrogens is 891 g/mol. The van der Waals surface area contributed by atoms with Gasteiger partial charge in [0.05, 0.1) is 12.7 Å². The van der Waals surface area contributed by atoms with Crippen LogP contribution in [-0.4, -0.2) is 19.0 Å². The molecule has 29 aromatic rings. The molecule has 1 heterocycles. The zero-order valence-corrected chi connectivity index (χ0v) is 37.0. The minimum atomic E-state index is -0.936. The quantitative estimate of drug-likeness (QED) is 0.128. The molecule has 0 aromatic heterocycles. The fourth-order valence-electron chi connectivity index (χ4n) is 24.8. The fourth-order valence-corrected chi connectivity index (χ4v) is 24.8. The third-order valence-electron chi connectivity index (χ3n) is 25.3. The molecule has 1 aliphatic heterocycles. The van der Waals surface area contributed by atoms with Crippen molar-refractivity contribution in [1.29, 1.82) is 0 Å². The number of benzene rings is 19. The van der Waals surface area contributed by atoms with Gasteiger partial charge in [-0.15, -0.1) is 0 Å². The summed E-state index contributed by atoms with van der Waals surface area (Å²) in [6.45, 7) is 0. The second-order valence-corrected chi connectivity index (χ2v) is 25.7. The van der Waals surface area contributed by atoms with Crippen molar-refractivity contribution >= 4 is 303 Å². The number of hydrogen-bond acceptors (Lipinski definition) is 4. The Kier molecular flexibility index (Phi) is 2.32. The molecule has 73 heavy (non-hydrogen) atoms. The topological polar surface area (TPSA) is 47.9 Å². The van der Waals surface area contributed by atoms with E-state index in [1.54, 1.807) is 205 Å². The van der Waals surface area contributed by atoms with Crippen molar-refractivity contribution in [3.8, 4) is 0 Å². The Hall–Kier alpha value is -9.38. The Bertz CT molecular complexity index is 7420. The molecule has 0 amide bonds. The Morgan fingerprint density at radius 1 is 0.315 bits per heavy atom. The van der Waals surface area contributed by atoms with Crippen molar-refractivity contribution in [2.75, 3.05) is 7.11 Å². The maximum atomic E-state index is 13.0. The fraction of sp³-hybridized carbons (Fsp3) is 0.0435. The Balaban J connectivity index is 1.10. The number of nitrogens with zero attached hydrogens (tertiary/aromatic N) is 1. The van der Waals surface area contributed by atoms with E-state index in [-0.39, 0.29) is 5.97 Å². The maximum absolute atomic E-state index is 13.0. The highest BCUT2D eigenvalue weighted by Gasteiger charge is 2.75. The van der Waals surface area contributed by atoms with Crippen LogP contribution in [0.5, 0.6) is 0 Å². The van der Waals surface area contributed by atoms with Crippen LogP contribution in [0.15, 0.2) is 29.3 Å². The lowest BCUT2D eigenvalue weighted by molar-refractivity contribution is 0.0600. The lowest BCUT2D eigenvalue weighted by atomic mass is 9.60. The molecule has 34 rings (SSSR count). The van der Waals surface area contributed by atoms with Gasteiger partial charge in [-0.05, 0) is 315 Å². The highest BCUT2D eigenvalue weighted by molar-refractivity contribution is 6.82. The lowest BCUT2D eigenvalue weighted by Gasteiger charge is -2.46. The van der Waals surface area contributed by atoms with Gasteiger partial charge in [-0.3, -0.25) is 0 Å². The van der Waals surface area contributed by atoms with E-state index in [1.165, 1.54) is 116 Å². The third kappa shape index (κ3) is 1.49. The SMILES string of the molecule is COC(=O)c1ccc(C2=NC34c5c6c7c8c9c%10c(c%11c%12c3c3c5c5c%13c6c6c7c7c9c9c%14c%10c%10c%11c%11c%12c%12c3c3c5c5c%13c%13c6c6c7c9c7c9c%14c%10c%10c%11c%11c%12c3c3c5c5c%13c6c7c6c9c%10c%11c3c56)C84O2)cc1. The number of carbonyl (C=O) groups is 1. The summed E-state index contributed by atoms with van der Waals surface area (Å²) in [6.07, 6.45) is 0. The molecule has 5 aliphatic rings. The average molecular weight is 898 g/mol. The van der Waals surface area contributed by atoms with Crippen molar-refractivity contribution in [1.82, 2.24) is 0 Å². The van der Waals surface area contributed by atoms with Crippen molar-refractivity contribution in [2.24, 2.45) is 4.99 Å². The van der Waals surface area contributed by atoms with Crippen molar-refractivity contribution in [3.63, 3.8) is 0 Å². The Labute approximate surface area is 395 Å². The van der Waals surface area contributed by atoms with Gasteiger partial charge in [0.15, 0.2) is 11.1 Å². The molecule has 0 fully saturated rings. The largest absolute Gasteiger partial charge is 0.465 e. The number of ether oxygens (including phenoxy) is 2. The summed E-state index contributed by atoms with van der Waals surface area (Å²) >= 11 is 0. The monoisotopic (exact) mass is 897 g/mol. The van der Waals surface area contributed by atoms with E-state index < -0.39 is 11.1 Å². The van der Waals surface area contributed by atoms with E-state index in [1.807, 2.05) is 12.1 Å². The molecule has 29 aromatic carbocycles. The first-order chi connectivity index (χ1) is 36.3. The highest BCUT2D eigenvalue weighted by atomic mass is 16.5. The zero-order valence-electron chi connectivity index (χ0n) is 37.0. The van der Waals surface area contributed by atoms with Gasteiger partial charge in [0.1, 0.15) is 0 Å². The normalized spacial score (nSPS) is 21.8. The van der Waals surface area contributed by atoms with Crippen LogP contribution in [0.3, 0.4) is 0 Å². The van der Waals surface area contributed by atoms with Crippen LogP contribution < -0.4 is 0 Å². The minimum Gasteiger partial charge on any atom is -0.465 e. The molecule has 4 aliphatic carbocycles. The predicted molar refractivity (Wildman–Crippen MR) is 299 cm³/mol. The molecule has 0 N–H and O–H groups in total. The summed E-state index contributed by atoms with van der Waals surface area (Å²) in [5, 5.41) is 84.4. The van der Waals surface area contributed by atoms with Crippen LogP contribution in [0.1, 0.15) is 38.2 Å². The molecular formula is C69H7NO3. The standard InChI is InChI=1S/C69H7NO3/c1-72-67(71)7-4-2-6(3-5-7)66-70-68-62-54-46-36-26-18-10-8-9-12-16-14(10)22-30-24(16)34-28-20(12)21-13(9)17-15-11(8)19(18)27-33-23(15)31-25(17)35-29(21)39-38(28)50-44(34)52-42(30)48(40(46)32(22)26)56(62)58(52)64-60(50)61-51(39)45(35)53-43(31)49-41(33)47(37(27)36)55(54)63(68)57(49)59(53)65(61)69(64,68)73-66/h2-5H,1H3. The van der Waals surface area contributed by atoms with Crippen molar-refractivity contribution in [3.05, 3.63) is 57.6 Å². The molecule has 0 saturated carbocycles. The van der Waals surface area contributed by atoms with Gasteiger partial charge < -0.3 is 9.47 Å². The summed E-state index contributed by atoms with van der Waals surface area (Å²) in [4.78, 5) is 19.5. The average Bonchev–Trinajstić information content (AvgIpc) is 4.43. The van der Waals surface area contributed by atoms with E-state index in [4.69, 9.17) is 14.5 Å². The van der Waals surface area contributed by atoms with E-state index in [0.717, 1.165) is 5.56 Å². The Morgan fingerprint density at radius 2 is 0.521 bits per heavy atom. The lowest BCUT2D eigenvalue weighted by Crippen LogP contribution is -2.49. The summed E-state index contributed by atoms with van der Waals surface area (Å²) < 4.78 is 13.7. The molecule has 0 atom stereocenters. The number of methoxy groups -OCH3 is 1. The maximum Gasteiger partial charge on any atom is 0.337 e. The van der Waals surface area contributed by atoms with Gasteiger partial charge in [-0.2, -0.15) is 0 Å². The molecule has 0 unspecified atom stereocenters. The molecule has 306 valence electrons. The molecule has 2 spiro atoms. The first-order valence-electron chi connectivity index (χ1n) is 26.5. The van der Waals surface area contributed by atoms with Gasteiger partial charge in [0.25, 0.3) is 0 Å². The molecule has 4 heteroatoms. The molecule has 0 radical (unpaired) electrons.